The first-order chi connectivity index (χ1) is 14.6. The normalized spacial score (nSPS) is 11.3. The number of rotatable bonds is 12. The Labute approximate surface area is 178 Å². The molecular weight excluding hydrogens is 382 g/mol. The summed E-state index contributed by atoms with van der Waals surface area (Å²) in [4.78, 5) is 12.4. The minimum Gasteiger partial charge on any atom is -0.493 e. The molecule has 2 rings (SSSR count). The van der Waals surface area contributed by atoms with Crippen LogP contribution in [0, 0.1) is 12.3 Å². The zero-order valence-electron chi connectivity index (χ0n) is 17.8. The van der Waals surface area contributed by atoms with Crippen LogP contribution in [0.1, 0.15) is 18.1 Å². The monoisotopic (exact) mass is 411 g/mol. The van der Waals surface area contributed by atoms with Gasteiger partial charge in [0.1, 0.15) is 19.0 Å². The molecule has 0 fully saturated rings. The average Bonchev–Trinajstić information content (AvgIpc) is 2.78. The lowest BCUT2D eigenvalue weighted by atomic mass is 10.1. The first kappa shape index (κ1) is 23.1. The van der Waals surface area contributed by atoms with E-state index in [4.69, 9.17) is 25.4 Å². The molecule has 0 saturated heterocycles. The Morgan fingerprint density at radius 1 is 1.07 bits per heavy atom. The van der Waals surface area contributed by atoms with Gasteiger partial charge in [0.05, 0.1) is 7.11 Å². The molecule has 0 radical (unpaired) electrons. The van der Waals surface area contributed by atoms with E-state index in [-0.39, 0.29) is 19.1 Å². The van der Waals surface area contributed by atoms with Crippen LogP contribution in [0.15, 0.2) is 42.5 Å². The van der Waals surface area contributed by atoms with Gasteiger partial charge in [0.15, 0.2) is 17.6 Å². The number of ether oxygens (including phenoxy) is 4. The SMILES string of the molecule is C#CCOc1ccc(CCNC(=O)[C@H](COc2ccc(CC)cc2)OC)cc1OC. The molecule has 1 N–H and O–H groups in total. The van der Waals surface area contributed by atoms with E-state index in [1.807, 2.05) is 42.5 Å². The summed E-state index contributed by atoms with van der Waals surface area (Å²) in [5.41, 5.74) is 2.23. The zero-order chi connectivity index (χ0) is 21.8. The predicted octanol–water partition coefficient (Wildman–Crippen LogP) is 3.02. The highest BCUT2D eigenvalue weighted by atomic mass is 16.5. The molecule has 6 nitrogen and oxygen atoms in total. The van der Waals surface area contributed by atoms with Crippen LogP contribution < -0.4 is 19.5 Å². The van der Waals surface area contributed by atoms with Gasteiger partial charge in [0.2, 0.25) is 0 Å². The van der Waals surface area contributed by atoms with Gasteiger partial charge in [0.25, 0.3) is 5.91 Å². The van der Waals surface area contributed by atoms with Crippen molar-refractivity contribution in [3.63, 3.8) is 0 Å². The van der Waals surface area contributed by atoms with Crippen LogP contribution >= 0.6 is 0 Å². The van der Waals surface area contributed by atoms with E-state index in [0.29, 0.717) is 30.2 Å². The van der Waals surface area contributed by atoms with E-state index < -0.39 is 6.10 Å². The van der Waals surface area contributed by atoms with E-state index in [2.05, 4.69) is 18.2 Å². The van der Waals surface area contributed by atoms with Crippen molar-refractivity contribution in [1.82, 2.24) is 5.32 Å². The number of aryl methyl sites for hydroxylation is 1. The molecule has 1 amide bonds. The van der Waals surface area contributed by atoms with Gasteiger partial charge in [-0.15, -0.1) is 6.42 Å². The highest BCUT2D eigenvalue weighted by Gasteiger charge is 2.18. The van der Waals surface area contributed by atoms with Crippen LogP contribution in [0.2, 0.25) is 0 Å². The maximum Gasteiger partial charge on any atom is 0.252 e. The zero-order valence-corrected chi connectivity index (χ0v) is 17.8. The molecule has 0 saturated carbocycles. The van der Waals surface area contributed by atoms with Crippen LogP contribution in [0.25, 0.3) is 0 Å². The number of terminal acetylenes is 1. The molecule has 2 aromatic carbocycles. The third-order valence-electron chi connectivity index (χ3n) is 4.56. The van der Waals surface area contributed by atoms with Crippen LogP contribution in [0.4, 0.5) is 0 Å². The largest absolute Gasteiger partial charge is 0.493 e. The maximum absolute atomic E-state index is 12.4. The number of amides is 1. The minimum absolute atomic E-state index is 0.142. The molecule has 2 aromatic rings. The van der Waals surface area contributed by atoms with Crippen molar-refractivity contribution in [3.8, 4) is 29.6 Å². The number of benzene rings is 2. The van der Waals surface area contributed by atoms with E-state index >= 15 is 0 Å². The van der Waals surface area contributed by atoms with Gasteiger partial charge >= 0.3 is 0 Å². The number of hydrogen-bond acceptors (Lipinski definition) is 5. The standard InChI is InChI=1S/C24H29NO5/c1-5-15-29-21-12-9-19(16-22(21)27-3)13-14-25-24(26)23(28-4)17-30-20-10-7-18(6-2)8-11-20/h1,7-12,16,23H,6,13-15,17H2,2-4H3,(H,25,26)/t23-/m0/s1. The van der Waals surface area contributed by atoms with Crippen molar-refractivity contribution in [2.75, 3.05) is 34.0 Å². The summed E-state index contributed by atoms with van der Waals surface area (Å²) in [6.07, 6.45) is 6.13. The molecule has 0 heterocycles. The summed E-state index contributed by atoms with van der Waals surface area (Å²) in [6, 6.07) is 13.4. The Bertz CT molecular complexity index is 842. The number of hydrogen-bond donors (Lipinski definition) is 1. The Balaban J connectivity index is 1.82. The maximum atomic E-state index is 12.4. The second-order valence-electron chi connectivity index (χ2n) is 6.55. The van der Waals surface area contributed by atoms with Gasteiger partial charge < -0.3 is 24.3 Å². The Kier molecular flexibility index (Phi) is 9.56. The Hall–Kier alpha value is -3.17. The fourth-order valence-electron chi connectivity index (χ4n) is 2.79. The third-order valence-corrected chi connectivity index (χ3v) is 4.56. The molecule has 0 aliphatic rings. The fraction of sp³-hybridized carbons (Fsp3) is 0.375. The van der Waals surface area contributed by atoms with Gasteiger partial charge in [-0.2, -0.15) is 0 Å². The predicted molar refractivity (Wildman–Crippen MR) is 116 cm³/mol. The van der Waals surface area contributed by atoms with Crippen LogP contribution in [-0.4, -0.2) is 46.0 Å². The van der Waals surface area contributed by atoms with Gasteiger partial charge in [-0.3, -0.25) is 4.79 Å². The van der Waals surface area contributed by atoms with Gasteiger partial charge in [0, 0.05) is 13.7 Å². The van der Waals surface area contributed by atoms with Gasteiger partial charge in [-0.1, -0.05) is 31.0 Å². The van der Waals surface area contributed by atoms with Crippen molar-refractivity contribution < 1.29 is 23.7 Å². The van der Waals surface area contributed by atoms with E-state index in [9.17, 15) is 4.79 Å². The molecule has 6 heteroatoms. The first-order valence-corrected chi connectivity index (χ1v) is 9.86. The summed E-state index contributed by atoms with van der Waals surface area (Å²) < 4.78 is 21.7. The van der Waals surface area contributed by atoms with Crippen LogP contribution in [0.5, 0.6) is 17.2 Å². The van der Waals surface area contributed by atoms with Crippen LogP contribution in [-0.2, 0) is 22.4 Å². The topological polar surface area (TPSA) is 66.0 Å². The first-order valence-electron chi connectivity index (χ1n) is 9.86. The van der Waals surface area contributed by atoms with E-state index in [1.165, 1.54) is 12.7 Å². The third kappa shape index (κ3) is 7.02. The van der Waals surface area contributed by atoms with Crippen molar-refractivity contribution >= 4 is 5.91 Å². The molecule has 0 aliphatic carbocycles. The molecule has 0 bridgehead atoms. The Morgan fingerprint density at radius 2 is 1.80 bits per heavy atom. The second-order valence-corrected chi connectivity index (χ2v) is 6.55. The van der Waals surface area contributed by atoms with Crippen molar-refractivity contribution in [3.05, 3.63) is 53.6 Å². The summed E-state index contributed by atoms with van der Waals surface area (Å²) in [5.74, 6) is 4.11. The second kappa shape index (κ2) is 12.4. The number of carbonyl (C=O) groups is 1. The van der Waals surface area contributed by atoms with E-state index in [1.54, 1.807) is 7.11 Å². The van der Waals surface area contributed by atoms with Gasteiger partial charge in [-0.25, -0.2) is 0 Å². The molecule has 160 valence electrons. The van der Waals surface area contributed by atoms with Gasteiger partial charge in [-0.05, 0) is 48.2 Å². The fourth-order valence-corrected chi connectivity index (χ4v) is 2.79. The highest BCUT2D eigenvalue weighted by Crippen LogP contribution is 2.28. The molecule has 0 spiro atoms. The minimum atomic E-state index is -0.690. The molecule has 1 atom stereocenters. The molecular formula is C24H29NO5. The molecule has 0 aliphatic heterocycles. The Morgan fingerprint density at radius 3 is 2.43 bits per heavy atom. The molecule has 0 aromatic heterocycles. The van der Waals surface area contributed by atoms with Crippen molar-refractivity contribution in [2.24, 2.45) is 0 Å². The van der Waals surface area contributed by atoms with E-state index in [0.717, 1.165) is 12.0 Å². The number of nitrogens with one attached hydrogen (secondary N) is 1. The smallest absolute Gasteiger partial charge is 0.252 e. The summed E-state index contributed by atoms with van der Waals surface area (Å²) in [5, 5.41) is 2.88. The lowest BCUT2D eigenvalue weighted by Crippen LogP contribution is -2.40. The quantitative estimate of drug-likeness (QED) is 0.544. The molecule has 0 unspecified atom stereocenters. The summed E-state index contributed by atoms with van der Waals surface area (Å²) >= 11 is 0. The lowest BCUT2D eigenvalue weighted by molar-refractivity contribution is -0.132. The lowest BCUT2D eigenvalue weighted by Gasteiger charge is -2.16. The molecule has 30 heavy (non-hydrogen) atoms. The summed E-state index contributed by atoms with van der Waals surface area (Å²) in [6.45, 7) is 2.87. The summed E-state index contributed by atoms with van der Waals surface area (Å²) in [7, 11) is 3.07. The number of carbonyl (C=O) groups excluding carboxylic acids is 1. The highest BCUT2D eigenvalue weighted by molar-refractivity contribution is 5.80. The van der Waals surface area contributed by atoms with Crippen LogP contribution in [0.3, 0.4) is 0 Å². The van der Waals surface area contributed by atoms with Crippen molar-refractivity contribution in [1.29, 1.82) is 0 Å². The number of methoxy groups -OCH3 is 2. The van der Waals surface area contributed by atoms with Crippen molar-refractivity contribution in [2.45, 2.75) is 25.9 Å². The average molecular weight is 411 g/mol.